The van der Waals surface area contributed by atoms with Gasteiger partial charge in [-0.15, -0.1) is 29.7 Å². The second-order valence-corrected chi connectivity index (χ2v) is 19.6. The summed E-state index contributed by atoms with van der Waals surface area (Å²) in [7, 11) is -1.58. The maximum Gasteiger partial charge on any atom is 0.243 e. The zero-order valence-electron chi connectivity index (χ0n) is 29.1. The van der Waals surface area contributed by atoms with Gasteiger partial charge in [0.1, 0.15) is 5.82 Å². The minimum atomic E-state index is -1.58. The van der Waals surface area contributed by atoms with E-state index < -0.39 is 8.07 Å². The van der Waals surface area contributed by atoms with Crippen LogP contribution in [0.2, 0.25) is 19.6 Å². The van der Waals surface area contributed by atoms with Crippen molar-refractivity contribution < 1.29 is 30.4 Å². The smallest absolute Gasteiger partial charge is 0.243 e. The van der Waals surface area contributed by atoms with Crippen LogP contribution in [-0.4, -0.2) is 22.2 Å². The summed E-state index contributed by atoms with van der Waals surface area (Å²) in [6, 6.07) is 47.1. The van der Waals surface area contributed by atoms with Gasteiger partial charge in [-0.1, -0.05) is 103 Å². The van der Waals surface area contributed by atoms with E-state index in [1.54, 1.807) is 0 Å². The average Bonchev–Trinajstić information content (AvgIpc) is 3.65. The van der Waals surface area contributed by atoms with E-state index >= 15 is 0 Å². The van der Waals surface area contributed by atoms with E-state index in [9.17, 15) is 0 Å². The molecule has 50 heavy (non-hydrogen) atoms. The number of hydrogen-bond acceptors (Lipinski definition) is 2. The Morgan fingerprint density at radius 2 is 1.44 bits per heavy atom. The zero-order chi connectivity index (χ0) is 33.9. The number of nitrogens with zero attached hydrogens (tertiary/aromatic N) is 4. The maximum absolute atomic E-state index is 6.49. The fourth-order valence-corrected chi connectivity index (χ4v) is 8.39. The van der Waals surface area contributed by atoms with Crippen molar-refractivity contribution in [3.63, 3.8) is 0 Å². The molecule has 3 heterocycles. The molecule has 0 N–H and O–H groups in total. The van der Waals surface area contributed by atoms with Gasteiger partial charge in [0.2, 0.25) is 6.33 Å². The molecular formula is C43H38N4OPtSi-2. The molecule has 0 spiro atoms. The van der Waals surface area contributed by atoms with Crippen molar-refractivity contribution in [1.82, 2.24) is 14.1 Å². The summed E-state index contributed by atoms with van der Waals surface area (Å²) in [6.07, 6.45) is 5.48. The number of pyridine rings is 1. The molecule has 0 amide bonds. The van der Waals surface area contributed by atoms with Crippen molar-refractivity contribution in [1.29, 1.82) is 0 Å². The molecule has 0 fully saturated rings. The number of ether oxygens (including phenoxy) is 1. The molecule has 0 aliphatic heterocycles. The second-order valence-electron chi connectivity index (χ2n) is 14.6. The zero-order valence-corrected chi connectivity index (χ0v) is 32.3. The summed E-state index contributed by atoms with van der Waals surface area (Å²) in [5.41, 5.74) is 7.32. The van der Waals surface area contributed by atoms with Crippen LogP contribution in [0.15, 0.2) is 121 Å². The predicted octanol–water partition coefficient (Wildman–Crippen LogP) is 9.57. The SMILES string of the molecule is CC(C)(C)[n+]1[c-]n(-c2[c-]c(Oc3[c-]c4c(cc3)c3ccccc3n4-c3cc(-c4ccccc4[Si](C)(C)C)ccn3)ccc2)c2ccccc21.[Pt]. The van der Waals surface area contributed by atoms with Gasteiger partial charge in [-0.25, -0.2) is 4.98 Å². The normalized spacial score (nSPS) is 12.0. The summed E-state index contributed by atoms with van der Waals surface area (Å²) in [6.45, 7) is 13.7. The van der Waals surface area contributed by atoms with Gasteiger partial charge in [-0.2, -0.15) is 18.2 Å². The first-order valence-corrected chi connectivity index (χ1v) is 20.2. The molecular weight excluding hydrogens is 812 g/mol. The van der Waals surface area contributed by atoms with Gasteiger partial charge < -0.3 is 18.4 Å². The Morgan fingerprint density at radius 3 is 2.24 bits per heavy atom. The van der Waals surface area contributed by atoms with Crippen LogP contribution >= 0.6 is 0 Å². The third-order valence-corrected chi connectivity index (χ3v) is 11.1. The van der Waals surface area contributed by atoms with E-state index in [0.717, 1.165) is 49.9 Å². The summed E-state index contributed by atoms with van der Waals surface area (Å²) in [4.78, 5) is 4.90. The van der Waals surface area contributed by atoms with Gasteiger partial charge in [0.15, 0.2) is 0 Å². The largest absolute Gasteiger partial charge is 0.510 e. The first-order chi connectivity index (χ1) is 23.6. The third kappa shape index (κ3) is 6.01. The summed E-state index contributed by atoms with van der Waals surface area (Å²) < 4.78 is 12.9. The number of hydrogen-bond donors (Lipinski definition) is 0. The quantitative estimate of drug-likeness (QED) is 0.0950. The van der Waals surface area contributed by atoms with Crippen molar-refractivity contribution in [2.24, 2.45) is 0 Å². The molecule has 252 valence electrons. The van der Waals surface area contributed by atoms with E-state index in [2.05, 4.69) is 164 Å². The number of para-hydroxylation sites is 3. The van der Waals surface area contributed by atoms with Crippen LogP contribution in [0.4, 0.5) is 0 Å². The average molecular weight is 850 g/mol. The topological polar surface area (TPSA) is 35.9 Å². The molecule has 0 atom stereocenters. The first kappa shape index (κ1) is 33.7. The number of imidazole rings is 1. The summed E-state index contributed by atoms with van der Waals surface area (Å²) in [5, 5.41) is 3.68. The predicted molar refractivity (Wildman–Crippen MR) is 202 cm³/mol. The Balaban J connectivity index is 0.00000392. The molecule has 0 saturated carbocycles. The van der Waals surface area contributed by atoms with Crippen molar-refractivity contribution in [2.45, 2.75) is 46.0 Å². The van der Waals surface area contributed by atoms with Gasteiger partial charge in [0, 0.05) is 44.3 Å². The van der Waals surface area contributed by atoms with Crippen LogP contribution in [0.1, 0.15) is 20.8 Å². The molecule has 3 aromatic heterocycles. The van der Waals surface area contributed by atoms with E-state index in [0.29, 0.717) is 11.5 Å². The Kier molecular flexibility index (Phi) is 8.66. The van der Waals surface area contributed by atoms with Crippen molar-refractivity contribution in [3.05, 3.63) is 140 Å². The summed E-state index contributed by atoms with van der Waals surface area (Å²) >= 11 is 0. The molecule has 7 heteroatoms. The number of fused-ring (bicyclic) bond motifs is 4. The minimum Gasteiger partial charge on any atom is -0.510 e. The van der Waals surface area contributed by atoms with Gasteiger partial charge in [-0.3, -0.25) is 0 Å². The Hall–Kier alpha value is -4.77. The van der Waals surface area contributed by atoms with E-state index in [1.165, 1.54) is 10.8 Å². The molecule has 5 aromatic carbocycles. The van der Waals surface area contributed by atoms with Crippen LogP contribution in [0.5, 0.6) is 11.5 Å². The van der Waals surface area contributed by atoms with Crippen LogP contribution in [0, 0.1) is 18.5 Å². The third-order valence-electron chi connectivity index (χ3n) is 9.03. The van der Waals surface area contributed by atoms with Crippen molar-refractivity contribution >= 4 is 46.1 Å². The van der Waals surface area contributed by atoms with Gasteiger partial charge in [0.25, 0.3) is 0 Å². The molecule has 0 saturated heterocycles. The number of benzene rings is 5. The van der Waals surface area contributed by atoms with E-state index in [-0.39, 0.29) is 26.6 Å². The second kappa shape index (κ2) is 12.8. The van der Waals surface area contributed by atoms with Crippen molar-refractivity contribution in [3.8, 4) is 34.1 Å². The van der Waals surface area contributed by atoms with Gasteiger partial charge in [0.05, 0.1) is 24.6 Å². The monoisotopic (exact) mass is 849 g/mol. The molecule has 0 bridgehead atoms. The molecule has 5 nitrogen and oxygen atoms in total. The number of aromatic nitrogens is 4. The molecule has 0 aliphatic rings. The molecule has 8 aromatic rings. The standard InChI is InChI=1S/C43H38N4OSi.Pt/c1-43(2,3)46-29-45(38-19-10-11-20-39(38)46)31-14-13-15-32(27-31)48-33-22-23-36-35-17-7-9-18-37(35)47(40(36)28-33)42-26-30(24-25-44-42)34-16-8-12-21-41(34)49(4,5)6;/h7-26H,1-6H3;/q-2;. The molecule has 0 unspecified atom stereocenters. The Bertz CT molecular complexity index is 2520. The first-order valence-electron chi connectivity index (χ1n) is 16.7. The summed E-state index contributed by atoms with van der Waals surface area (Å²) in [5.74, 6) is 2.06. The fraction of sp³-hybridized carbons (Fsp3) is 0.163. The maximum atomic E-state index is 6.49. The van der Waals surface area contributed by atoms with Gasteiger partial charge >= 0.3 is 0 Å². The minimum absolute atomic E-state index is 0. The van der Waals surface area contributed by atoms with Crippen LogP contribution in [0.3, 0.4) is 0 Å². The van der Waals surface area contributed by atoms with Gasteiger partial charge in [-0.05, 0) is 55.5 Å². The van der Waals surface area contributed by atoms with Crippen molar-refractivity contribution in [2.75, 3.05) is 0 Å². The van der Waals surface area contributed by atoms with E-state index in [4.69, 9.17) is 9.72 Å². The van der Waals surface area contributed by atoms with Crippen LogP contribution < -0.4 is 14.5 Å². The Labute approximate surface area is 309 Å². The molecule has 8 rings (SSSR count). The number of rotatable bonds is 6. The fourth-order valence-electron chi connectivity index (χ4n) is 6.76. The Morgan fingerprint density at radius 1 is 0.720 bits per heavy atom. The van der Waals surface area contributed by atoms with Crippen LogP contribution in [0.25, 0.3) is 55.5 Å². The molecule has 0 radical (unpaired) electrons. The van der Waals surface area contributed by atoms with E-state index in [1.807, 2.05) is 30.5 Å². The van der Waals surface area contributed by atoms with Crippen LogP contribution in [-0.2, 0) is 26.6 Å². The molecule has 0 aliphatic carbocycles.